The SMILES string of the molecule is COC(=O)c1ccc2c(c1)NC(=O)C2=C(Nc1ccc(N(C)C(=O)CN2CCN(C)CC2)cc1)c1cccs1. The molecule has 0 bridgehead atoms. The second-order valence-electron chi connectivity index (χ2n) is 9.64. The quantitative estimate of drug-likeness (QED) is 0.346. The highest BCUT2D eigenvalue weighted by Gasteiger charge is 2.30. The lowest BCUT2D eigenvalue weighted by molar-refractivity contribution is -0.119. The van der Waals surface area contributed by atoms with Gasteiger partial charge in [0.15, 0.2) is 0 Å². The fourth-order valence-corrected chi connectivity index (χ4v) is 5.43. The van der Waals surface area contributed by atoms with Crippen LogP contribution in [0.3, 0.4) is 0 Å². The molecule has 2 aliphatic heterocycles. The van der Waals surface area contributed by atoms with Crippen LogP contribution in [0.5, 0.6) is 0 Å². The molecule has 2 amide bonds. The van der Waals surface area contributed by atoms with Crippen LogP contribution in [0.4, 0.5) is 17.1 Å². The lowest BCUT2D eigenvalue weighted by atomic mass is 10.0. The Morgan fingerprint density at radius 2 is 1.82 bits per heavy atom. The lowest BCUT2D eigenvalue weighted by Crippen LogP contribution is -2.48. The van der Waals surface area contributed by atoms with Crippen molar-refractivity contribution in [1.82, 2.24) is 9.80 Å². The number of nitrogens with one attached hydrogen (secondary N) is 2. The molecule has 0 atom stereocenters. The third kappa shape index (κ3) is 5.73. The van der Waals surface area contributed by atoms with Crippen molar-refractivity contribution in [2.45, 2.75) is 0 Å². The highest BCUT2D eigenvalue weighted by Crippen LogP contribution is 2.39. The molecule has 3 aromatic rings. The van der Waals surface area contributed by atoms with Crippen molar-refractivity contribution in [3.8, 4) is 0 Å². The van der Waals surface area contributed by atoms with Crippen LogP contribution in [0.25, 0.3) is 11.3 Å². The number of hydrogen-bond donors (Lipinski definition) is 2. The standard InChI is InChI=1S/C29H31N5O4S/c1-32-12-14-34(15-13-32)18-25(35)33(2)21-9-7-20(8-10-21)30-27(24-5-4-16-39-24)26-22-11-6-19(29(37)38-3)17-23(22)31-28(26)36/h4-11,16-17,30H,12-15,18H2,1-3H3,(H,31,36). The third-order valence-corrected chi connectivity index (χ3v) is 7.94. The molecule has 0 saturated carbocycles. The zero-order valence-corrected chi connectivity index (χ0v) is 23.0. The fourth-order valence-electron chi connectivity index (χ4n) is 4.69. The molecular weight excluding hydrogens is 514 g/mol. The number of thiophene rings is 1. The average Bonchev–Trinajstić information content (AvgIpc) is 3.60. The summed E-state index contributed by atoms with van der Waals surface area (Å²) in [5.74, 6) is -0.672. The Morgan fingerprint density at radius 3 is 2.49 bits per heavy atom. The maximum Gasteiger partial charge on any atom is 0.337 e. The number of rotatable bonds is 7. The third-order valence-electron chi connectivity index (χ3n) is 7.06. The van der Waals surface area contributed by atoms with Gasteiger partial charge in [-0.2, -0.15) is 0 Å². The van der Waals surface area contributed by atoms with Crippen LogP contribution in [0, 0.1) is 0 Å². The van der Waals surface area contributed by atoms with E-state index in [2.05, 4.69) is 27.5 Å². The van der Waals surface area contributed by atoms with Crippen LogP contribution >= 0.6 is 11.3 Å². The first-order valence-corrected chi connectivity index (χ1v) is 13.6. The van der Waals surface area contributed by atoms with E-state index in [4.69, 9.17) is 4.74 Å². The van der Waals surface area contributed by atoms with Gasteiger partial charge < -0.3 is 25.2 Å². The van der Waals surface area contributed by atoms with Gasteiger partial charge in [-0.25, -0.2) is 4.79 Å². The molecule has 9 nitrogen and oxygen atoms in total. The van der Waals surface area contributed by atoms with E-state index in [0.717, 1.165) is 42.4 Å². The van der Waals surface area contributed by atoms with E-state index in [1.165, 1.54) is 18.4 Å². The Bertz CT molecular complexity index is 1410. The van der Waals surface area contributed by atoms with Gasteiger partial charge in [-0.15, -0.1) is 11.3 Å². The van der Waals surface area contributed by atoms with E-state index in [0.29, 0.717) is 34.6 Å². The number of fused-ring (bicyclic) bond motifs is 1. The molecule has 0 radical (unpaired) electrons. The first-order valence-electron chi connectivity index (χ1n) is 12.7. The van der Waals surface area contributed by atoms with E-state index in [1.807, 2.05) is 41.8 Å². The molecule has 2 N–H and O–H groups in total. The lowest BCUT2D eigenvalue weighted by Gasteiger charge is -2.32. The molecule has 1 saturated heterocycles. The van der Waals surface area contributed by atoms with Crippen LogP contribution in [0.1, 0.15) is 20.8 Å². The second kappa shape index (κ2) is 11.4. The van der Waals surface area contributed by atoms with Crippen molar-refractivity contribution in [1.29, 1.82) is 0 Å². The Labute approximate surface area is 231 Å². The molecule has 2 aliphatic rings. The smallest absolute Gasteiger partial charge is 0.337 e. The number of carbonyl (C=O) groups excluding carboxylic acids is 3. The summed E-state index contributed by atoms with van der Waals surface area (Å²) >= 11 is 1.52. The van der Waals surface area contributed by atoms with Gasteiger partial charge in [-0.1, -0.05) is 12.1 Å². The number of nitrogens with zero attached hydrogens (tertiary/aromatic N) is 3. The predicted molar refractivity (Wildman–Crippen MR) is 155 cm³/mol. The van der Waals surface area contributed by atoms with Gasteiger partial charge in [0, 0.05) is 50.2 Å². The number of carbonyl (C=O) groups is 3. The van der Waals surface area contributed by atoms with Gasteiger partial charge >= 0.3 is 5.97 Å². The molecule has 1 aromatic heterocycles. The maximum atomic E-state index is 13.1. The summed E-state index contributed by atoms with van der Waals surface area (Å²) < 4.78 is 4.82. The first kappa shape index (κ1) is 26.6. The number of benzene rings is 2. The minimum atomic E-state index is -0.465. The van der Waals surface area contributed by atoms with Crippen LogP contribution in [-0.4, -0.2) is 81.5 Å². The number of piperazine rings is 1. The van der Waals surface area contributed by atoms with E-state index in [-0.39, 0.29) is 11.8 Å². The van der Waals surface area contributed by atoms with Crippen LogP contribution in [-0.2, 0) is 14.3 Å². The molecule has 0 unspecified atom stereocenters. The van der Waals surface area contributed by atoms with Gasteiger partial charge in [-0.3, -0.25) is 14.5 Å². The topological polar surface area (TPSA) is 94.2 Å². The number of hydrogen-bond acceptors (Lipinski definition) is 8. The normalized spacial score (nSPS) is 16.8. The predicted octanol–water partition coefficient (Wildman–Crippen LogP) is 3.68. The summed E-state index contributed by atoms with van der Waals surface area (Å²) in [6.45, 7) is 4.10. The van der Waals surface area contributed by atoms with E-state index >= 15 is 0 Å². The monoisotopic (exact) mass is 545 g/mol. The molecule has 39 heavy (non-hydrogen) atoms. The van der Waals surface area contributed by atoms with Crippen LogP contribution in [0.2, 0.25) is 0 Å². The Balaban J connectivity index is 1.38. The van der Waals surface area contributed by atoms with E-state index in [1.54, 1.807) is 30.1 Å². The molecule has 10 heteroatoms. The zero-order chi connectivity index (χ0) is 27.5. The number of ether oxygens (including phenoxy) is 1. The number of esters is 1. The highest BCUT2D eigenvalue weighted by atomic mass is 32.1. The van der Waals surface area contributed by atoms with Crippen molar-refractivity contribution in [2.24, 2.45) is 0 Å². The van der Waals surface area contributed by atoms with Crippen LogP contribution < -0.4 is 15.5 Å². The molecule has 0 spiro atoms. The number of methoxy groups -OCH3 is 1. The minimum Gasteiger partial charge on any atom is -0.465 e. The maximum absolute atomic E-state index is 13.1. The highest BCUT2D eigenvalue weighted by molar-refractivity contribution is 7.11. The Morgan fingerprint density at radius 1 is 1.08 bits per heavy atom. The van der Waals surface area contributed by atoms with Gasteiger partial charge in [0.2, 0.25) is 5.91 Å². The summed E-state index contributed by atoms with van der Waals surface area (Å²) in [7, 11) is 5.21. The number of amides is 2. The molecule has 5 rings (SSSR count). The van der Waals surface area contributed by atoms with Crippen molar-refractivity contribution >= 4 is 57.5 Å². The Kier molecular flexibility index (Phi) is 7.78. The Hall–Kier alpha value is -3.99. The van der Waals surface area contributed by atoms with E-state index in [9.17, 15) is 14.4 Å². The summed E-state index contributed by atoms with van der Waals surface area (Å²) in [5, 5.41) is 8.26. The average molecular weight is 546 g/mol. The van der Waals surface area contributed by atoms with Crippen molar-refractivity contribution < 1.29 is 19.1 Å². The van der Waals surface area contributed by atoms with Crippen molar-refractivity contribution in [3.63, 3.8) is 0 Å². The summed E-state index contributed by atoms with van der Waals surface area (Å²) in [4.78, 5) is 45.1. The van der Waals surface area contributed by atoms with Gasteiger partial charge in [0.25, 0.3) is 5.91 Å². The second-order valence-corrected chi connectivity index (χ2v) is 10.6. The first-order chi connectivity index (χ1) is 18.8. The number of likely N-dealkylation sites (N-methyl/N-ethyl adjacent to an activating group) is 2. The molecule has 202 valence electrons. The fraction of sp³-hybridized carbons (Fsp3) is 0.276. The number of anilines is 3. The molecule has 0 aliphatic carbocycles. The molecule has 3 heterocycles. The van der Waals surface area contributed by atoms with Gasteiger partial charge in [0.1, 0.15) is 0 Å². The van der Waals surface area contributed by atoms with Crippen LogP contribution in [0.15, 0.2) is 60.0 Å². The summed E-state index contributed by atoms with van der Waals surface area (Å²) in [6.07, 6.45) is 0. The van der Waals surface area contributed by atoms with Gasteiger partial charge in [0.05, 0.1) is 41.1 Å². The van der Waals surface area contributed by atoms with Crippen molar-refractivity contribution in [2.75, 3.05) is 69.5 Å². The zero-order valence-electron chi connectivity index (χ0n) is 22.2. The summed E-state index contributed by atoms with van der Waals surface area (Å²) in [6, 6.07) is 16.5. The van der Waals surface area contributed by atoms with Crippen molar-refractivity contribution in [3.05, 3.63) is 76.0 Å². The molecule has 1 fully saturated rings. The molecule has 2 aromatic carbocycles. The van der Waals surface area contributed by atoms with Gasteiger partial charge in [-0.05, 0) is 54.9 Å². The molecular formula is C29H31N5O4S. The van der Waals surface area contributed by atoms with E-state index < -0.39 is 5.97 Å². The largest absolute Gasteiger partial charge is 0.465 e. The minimum absolute atomic E-state index is 0.0483. The summed E-state index contributed by atoms with van der Waals surface area (Å²) in [5.41, 5.74) is 4.36.